The number of thiophene rings is 1. The van der Waals surface area contributed by atoms with E-state index in [0.717, 1.165) is 43.1 Å². The van der Waals surface area contributed by atoms with Gasteiger partial charge in [0.15, 0.2) is 5.71 Å². The molecule has 2 heterocycles. The Morgan fingerprint density at radius 3 is 2.51 bits per heavy atom. The van der Waals surface area contributed by atoms with Gasteiger partial charge in [0.25, 0.3) is 11.8 Å². The summed E-state index contributed by atoms with van der Waals surface area (Å²) in [5.74, 6) is -0.620. The summed E-state index contributed by atoms with van der Waals surface area (Å²) >= 11 is 1.24. The zero-order valence-electron chi connectivity index (χ0n) is 21.2. The van der Waals surface area contributed by atoms with E-state index >= 15 is 0 Å². The molecule has 1 fully saturated rings. The zero-order chi connectivity index (χ0) is 26.6. The highest BCUT2D eigenvalue weighted by atomic mass is 32.1. The largest absolute Gasteiger partial charge is 0.492 e. The van der Waals surface area contributed by atoms with Gasteiger partial charge in [0.2, 0.25) is 0 Å². The second-order valence-electron chi connectivity index (χ2n) is 9.83. The average Bonchev–Trinajstić information content (AvgIpc) is 3.31. The highest BCUT2D eigenvalue weighted by Gasteiger charge is 2.25. The molecule has 0 atom stereocenters. The Labute approximate surface area is 219 Å². The molecule has 37 heavy (non-hydrogen) atoms. The molecule has 0 spiro atoms. The van der Waals surface area contributed by atoms with E-state index in [1.807, 2.05) is 45.0 Å². The van der Waals surface area contributed by atoms with Gasteiger partial charge in [-0.3, -0.25) is 14.5 Å². The van der Waals surface area contributed by atoms with Crippen LogP contribution in [0.1, 0.15) is 40.9 Å². The smallest absolute Gasteiger partial charge is 0.278 e. The van der Waals surface area contributed by atoms with Crippen LogP contribution in [0.3, 0.4) is 0 Å². The number of carbonyl (C=O) groups excluding carboxylic acids is 2. The van der Waals surface area contributed by atoms with Crippen molar-refractivity contribution in [1.29, 1.82) is 0 Å². The lowest BCUT2D eigenvalue weighted by atomic mass is 9.94. The minimum Gasteiger partial charge on any atom is -0.492 e. The van der Waals surface area contributed by atoms with Gasteiger partial charge in [0.1, 0.15) is 17.2 Å². The Bertz CT molecular complexity index is 1320. The van der Waals surface area contributed by atoms with E-state index in [1.165, 1.54) is 11.3 Å². The first-order chi connectivity index (χ1) is 17.7. The Morgan fingerprint density at radius 1 is 1.16 bits per heavy atom. The number of carbonyl (C=O) groups is 2. The topological polar surface area (TPSA) is 126 Å². The van der Waals surface area contributed by atoms with Crippen LogP contribution in [-0.4, -0.2) is 67.1 Å². The minimum absolute atomic E-state index is 0.185. The van der Waals surface area contributed by atoms with Crippen molar-refractivity contribution in [3.8, 4) is 5.75 Å². The predicted molar refractivity (Wildman–Crippen MR) is 145 cm³/mol. The number of benzene rings is 2. The monoisotopic (exact) mass is 524 g/mol. The number of primary amides is 1. The van der Waals surface area contributed by atoms with E-state index in [0.29, 0.717) is 29.0 Å². The van der Waals surface area contributed by atoms with Crippen molar-refractivity contribution in [2.75, 3.05) is 44.8 Å². The molecule has 9 nitrogen and oxygen atoms in total. The number of hydrogen-bond acceptors (Lipinski definition) is 8. The van der Waals surface area contributed by atoms with Crippen molar-refractivity contribution in [1.82, 2.24) is 4.90 Å². The summed E-state index contributed by atoms with van der Waals surface area (Å²) in [6.45, 7) is 10.5. The first-order valence-electron chi connectivity index (χ1n) is 12.1. The number of nitrogens with one attached hydrogen (secondary N) is 1. The molecule has 4 rings (SSSR count). The van der Waals surface area contributed by atoms with Gasteiger partial charge in [-0.05, 0) is 29.0 Å². The molecular formula is C27H32N4O5S. The van der Waals surface area contributed by atoms with Crippen LogP contribution < -0.4 is 15.8 Å². The summed E-state index contributed by atoms with van der Waals surface area (Å²) in [5.41, 5.74) is 5.87. The van der Waals surface area contributed by atoms with E-state index in [-0.39, 0.29) is 16.0 Å². The molecular weight excluding hydrogens is 492 g/mol. The van der Waals surface area contributed by atoms with Crippen molar-refractivity contribution in [3.63, 3.8) is 0 Å². The molecule has 1 aromatic heterocycles. The van der Waals surface area contributed by atoms with Crippen LogP contribution in [0.2, 0.25) is 0 Å². The lowest BCUT2D eigenvalue weighted by Crippen LogP contribution is -2.38. The lowest BCUT2D eigenvalue weighted by molar-refractivity contribution is -0.110. The fourth-order valence-corrected chi connectivity index (χ4v) is 5.18. The molecule has 1 aliphatic rings. The summed E-state index contributed by atoms with van der Waals surface area (Å²) in [6, 6.07) is 12.7. The van der Waals surface area contributed by atoms with E-state index in [2.05, 4.69) is 15.4 Å². The Morgan fingerprint density at radius 2 is 1.86 bits per heavy atom. The van der Waals surface area contributed by atoms with Gasteiger partial charge >= 0.3 is 0 Å². The number of nitrogens with zero attached hydrogens (tertiary/aromatic N) is 2. The highest BCUT2D eigenvalue weighted by Crippen LogP contribution is 2.35. The summed E-state index contributed by atoms with van der Waals surface area (Å²) in [6.07, 6.45) is 0. The third-order valence-electron chi connectivity index (χ3n) is 6.17. The molecule has 3 aromatic rings. The third-order valence-corrected chi connectivity index (χ3v) is 7.74. The van der Waals surface area contributed by atoms with Gasteiger partial charge in [-0.1, -0.05) is 50.2 Å². The number of morpholine rings is 1. The number of hydrogen-bond donors (Lipinski definition) is 3. The van der Waals surface area contributed by atoms with Gasteiger partial charge in [-0.2, -0.15) is 0 Å². The molecule has 0 unspecified atom stereocenters. The zero-order valence-corrected chi connectivity index (χ0v) is 22.1. The van der Waals surface area contributed by atoms with E-state index in [1.54, 1.807) is 18.2 Å². The third kappa shape index (κ3) is 6.10. The van der Waals surface area contributed by atoms with Crippen LogP contribution in [0.5, 0.6) is 5.75 Å². The normalized spacial score (nSPS) is 15.1. The molecule has 4 N–H and O–H groups in total. The van der Waals surface area contributed by atoms with Crippen molar-refractivity contribution in [2.24, 2.45) is 10.9 Å². The number of nitrogens with two attached hydrogens (primary N) is 1. The molecule has 2 amide bonds. The van der Waals surface area contributed by atoms with Gasteiger partial charge in [0.05, 0.1) is 18.9 Å². The van der Waals surface area contributed by atoms with Crippen molar-refractivity contribution >= 4 is 45.3 Å². The Hall–Kier alpha value is -3.47. The molecule has 0 bridgehead atoms. The summed E-state index contributed by atoms with van der Waals surface area (Å²) < 4.78 is 11.5. The number of ether oxygens (including phenoxy) is 2. The van der Waals surface area contributed by atoms with Gasteiger partial charge < -0.3 is 25.7 Å². The fraction of sp³-hybridized carbons (Fsp3) is 0.370. The summed E-state index contributed by atoms with van der Waals surface area (Å²) in [4.78, 5) is 28.7. The van der Waals surface area contributed by atoms with Gasteiger partial charge in [-0.25, -0.2) is 0 Å². The van der Waals surface area contributed by atoms with Crippen LogP contribution >= 0.6 is 11.3 Å². The molecule has 196 valence electrons. The maximum absolute atomic E-state index is 13.3. The molecule has 0 saturated carbocycles. The number of rotatable bonds is 8. The first kappa shape index (κ1) is 26.6. The highest BCUT2D eigenvalue weighted by molar-refractivity contribution is 7.14. The number of fused-ring (bicyclic) bond motifs is 1. The second kappa shape index (κ2) is 11.3. The maximum atomic E-state index is 13.3. The fourth-order valence-electron chi connectivity index (χ4n) is 4.15. The molecule has 1 aliphatic heterocycles. The van der Waals surface area contributed by atoms with Crippen LogP contribution in [0.15, 0.2) is 47.6 Å². The average molecular weight is 525 g/mol. The molecule has 1 saturated heterocycles. The summed E-state index contributed by atoms with van der Waals surface area (Å²) in [7, 11) is 0. The van der Waals surface area contributed by atoms with Gasteiger partial charge in [0, 0.05) is 35.5 Å². The van der Waals surface area contributed by atoms with Crippen LogP contribution in [-0.2, 0) is 14.9 Å². The van der Waals surface area contributed by atoms with Crippen molar-refractivity contribution < 1.29 is 24.3 Å². The van der Waals surface area contributed by atoms with E-state index in [4.69, 9.17) is 15.2 Å². The van der Waals surface area contributed by atoms with E-state index < -0.39 is 11.8 Å². The van der Waals surface area contributed by atoms with Crippen LogP contribution in [0.25, 0.3) is 10.8 Å². The summed E-state index contributed by atoms with van der Waals surface area (Å²) in [5, 5.41) is 17.4. The lowest BCUT2D eigenvalue weighted by Gasteiger charge is -2.26. The quantitative estimate of drug-likeness (QED) is 0.234. The molecule has 0 radical (unpaired) electrons. The molecule has 0 aliphatic carbocycles. The SMILES string of the molecule is CC(C)(C)c1cc(NC(=O)C(=NO)c2ccc(OCCN3CCOCC3)c3ccccc23)c(C(N)=O)s1. The van der Waals surface area contributed by atoms with Crippen molar-refractivity contribution in [3.05, 3.63) is 57.8 Å². The maximum Gasteiger partial charge on any atom is 0.278 e. The van der Waals surface area contributed by atoms with Crippen molar-refractivity contribution in [2.45, 2.75) is 26.2 Å². The minimum atomic E-state index is -0.658. The van der Waals surface area contributed by atoms with Crippen LogP contribution in [0.4, 0.5) is 5.69 Å². The van der Waals surface area contributed by atoms with Crippen LogP contribution in [0, 0.1) is 0 Å². The predicted octanol–water partition coefficient (Wildman–Crippen LogP) is 3.83. The number of amides is 2. The second-order valence-corrected chi connectivity index (χ2v) is 10.9. The molecule has 2 aromatic carbocycles. The van der Waals surface area contributed by atoms with E-state index in [9.17, 15) is 14.8 Å². The number of anilines is 1. The Kier molecular flexibility index (Phi) is 8.11. The number of oxime groups is 1. The Balaban J connectivity index is 1.58. The van der Waals surface area contributed by atoms with Gasteiger partial charge in [-0.15, -0.1) is 11.3 Å². The first-order valence-corrected chi connectivity index (χ1v) is 12.9. The standard InChI is InChI=1S/C27H32N4O5S/c1-27(2,3)22-16-20(24(37-22)25(28)32)29-26(33)23(30-34)19-8-9-21(18-7-5-4-6-17(18)19)36-15-12-31-10-13-35-14-11-31/h4-9,16,34H,10-15H2,1-3H3,(H2,28,32)(H,29,33). The molecule has 10 heteroatoms.